The first-order valence-corrected chi connectivity index (χ1v) is 9.83. The number of carbonyl (C=O) groups excluding carboxylic acids is 3. The summed E-state index contributed by atoms with van der Waals surface area (Å²) in [6.45, 7) is 2.27. The van der Waals surface area contributed by atoms with Crippen molar-refractivity contribution in [2.75, 3.05) is 6.54 Å². The van der Waals surface area contributed by atoms with E-state index in [1.54, 1.807) is 4.90 Å². The van der Waals surface area contributed by atoms with Gasteiger partial charge in [-0.3, -0.25) is 19.7 Å². The first-order valence-electron chi connectivity index (χ1n) is 9.83. The maximum Gasteiger partial charge on any atom is 0.255 e. The quantitative estimate of drug-likeness (QED) is 0.665. The number of hydrogen-bond donors (Lipinski definition) is 3. The highest BCUT2D eigenvalue weighted by Gasteiger charge is 2.45. The zero-order valence-corrected chi connectivity index (χ0v) is 15.2. The van der Waals surface area contributed by atoms with Crippen LogP contribution in [0.3, 0.4) is 0 Å². The summed E-state index contributed by atoms with van der Waals surface area (Å²) in [7, 11) is 0. The van der Waals surface area contributed by atoms with Crippen molar-refractivity contribution in [2.45, 2.75) is 56.9 Å². The Morgan fingerprint density at radius 1 is 1.19 bits per heavy atom. The van der Waals surface area contributed by atoms with Crippen LogP contribution in [0, 0.1) is 5.92 Å². The molecule has 4 unspecified atom stereocenters. The van der Waals surface area contributed by atoms with Gasteiger partial charge >= 0.3 is 0 Å². The lowest BCUT2D eigenvalue weighted by Crippen LogP contribution is -2.52. The van der Waals surface area contributed by atoms with E-state index in [1.165, 1.54) is 6.42 Å². The molecular weight excluding hydrogens is 344 g/mol. The van der Waals surface area contributed by atoms with Crippen molar-refractivity contribution in [3.8, 4) is 0 Å². The van der Waals surface area contributed by atoms with Crippen molar-refractivity contribution >= 4 is 17.7 Å². The minimum Gasteiger partial charge on any atom is -0.322 e. The fraction of sp³-hybridized carbons (Fsp3) is 0.550. The maximum atomic E-state index is 12.9. The minimum absolute atomic E-state index is 0.106. The highest BCUT2D eigenvalue weighted by atomic mass is 16.2. The van der Waals surface area contributed by atoms with E-state index in [4.69, 9.17) is 0 Å². The molecule has 5 rings (SSSR count). The van der Waals surface area contributed by atoms with Gasteiger partial charge in [-0.15, -0.1) is 0 Å². The van der Waals surface area contributed by atoms with E-state index in [1.807, 2.05) is 12.1 Å². The summed E-state index contributed by atoms with van der Waals surface area (Å²) < 4.78 is 0. The van der Waals surface area contributed by atoms with Gasteiger partial charge in [-0.1, -0.05) is 12.1 Å². The monoisotopic (exact) mass is 368 g/mol. The summed E-state index contributed by atoms with van der Waals surface area (Å²) in [4.78, 5) is 38.0. The summed E-state index contributed by atoms with van der Waals surface area (Å²) in [6.07, 6.45) is 3.09. The van der Waals surface area contributed by atoms with Crippen molar-refractivity contribution in [3.05, 3.63) is 34.9 Å². The van der Waals surface area contributed by atoms with Crippen LogP contribution < -0.4 is 16.0 Å². The molecule has 0 bridgehead atoms. The number of amides is 3. The molecule has 0 spiro atoms. The van der Waals surface area contributed by atoms with Crippen molar-refractivity contribution in [3.63, 3.8) is 0 Å². The van der Waals surface area contributed by atoms with Crippen molar-refractivity contribution in [2.24, 2.45) is 5.92 Å². The van der Waals surface area contributed by atoms with Crippen LogP contribution in [-0.2, 0) is 22.7 Å². The molecule has 3 aliphatic heterocycles. The van der Waals surface area contributed by atoms with Gasteiger partial charge in [0.1, 0.15) is 6.04 Å². The number of nitrogens with one attached hydrogen (secondary N) is 3. The molecule has 0 aromatic heterocycles. The zero-order chi connectivity index (χ0) is 18.5. The Balaban J connectivity index is 1.26. The van der Waals surface area contributed by atoms with Crippen molar-refractivity contribution < 1.29 is 14.4 Å². The molecule has 1 aromatic rings. The molecule has 1 saturated carbocycles. The lowest BCUT2D eigenvalue weighted by molar-refractivity contribution is -0.136. The number of carbonyl (C=O) groups is 3. The lowest BCUT2D eigenvalue weighted by Gasteiger charge is -2.29. The van der Waals surface area contributed by atoms with Crippen molar-refractivity contribution in [1.82, 2.24) is 20.9 Å². The minimum atomic E-state index is -0.550. The fourth-order valence-electron chi connectivity index (χ4n) is 4.75. The highest BCUT2D eigenvalue weighted by molar-refractivity contribution is 6.05. The Kier molecular flexibility index (Phi) is 4.02. The fourth-order valence-corrected chi connectivity index (χ4v) is 4.75. The number of nitrogens with zero attached hydrogens (tertiary/aromatic N) is 1. The Hall–Kier alpha value is -2.25. The molecule has 4 aliphatic rings. The van der Waals surface area contributed by atoms with Gasteiger partial charge in [0, 0.05) is 37.2 Å². The van der Waals surface area contributed by atoms with Gasteiger partial charge in [-0.05, 0) is 48.9 Å². The molecule has 142 valence electrons. The van der Waals surface area contributed by atoms with Crippen LogP contribution >= 0.6 is 0 Å². The molecule has 7 nitrogen and oxygen atoms in total. The van der Waals surface area contributed by atoms with Crippen LogP contribution in [0.5, 0.6) is 0 Å². The van der Waals surface area contributed by atoms with Crippen LogP contribution in [0.15, 0.2) is 18.2 Å². The normalized spacial score (nSPS) is 32.1. The van der Waals surface area contributed by atoms with Crippen LogP contribution in [0.25, 0.3) is 0 Å². The number of hydrogen-bond acceptors (Lipinski definition) is 5. The topological polar surface area (TPSA) is 90.5 Å². The SMILES string of the molecule is O=C1CCC(N2Cc3ccc(CNC4CCNC5CC45)cc3C2=O)C(=O)N1. The van der Waals surface area contributed by atoms with E-state index in [9.17, 15) is 14.4 Å². The average Bonchev–Trinajstić information content (AvgIpc) is 3.39. The molecular formula is C20H24N4O3. The lowest BCUT2D eigenvalue weighted by atomic mass is 10.0. The summed E-state index contributed by atoms with van der Waals surface area (Å²) in [5, 5.41) is 9.52. The summed E-state index contributed by atoms with van der Waals surface area (Å²) in [6, 6.07) is 6.73. The average molecular weight is 368 g/mol. The van der Waals surface area contributed by atoms with Gasteiger partial charge in [0.15, 0.2) is 0 Å². The van der Waals surface area contributed by atoms with E-state index in [0.717, 1.165) is 36.6 Å². The smallest absolute Gasteiger partial charge is 0.255 e. The zero-order valence-electron chi connectivity index (χ0n) is 15.2. The summed E-state index contributed by atoms with van der Waals surface area (Å²) in [5.41, 5.74) is 2.74. The maximum absolute atomic E-state index is 12.9. The second kappa shape index (κ2) is 6.42. The third-order valence-corrected chi connectivity index (χ3v) is 6.38. The van der Waals surface area contributed by atoms with Crippen molar-refractivity contribution in [1.29, 1.82) is 0 Å². The Morgan fingerprint density at radius 3 is 2.93 bits per heavy atom. The number of fused-ring (bicyclic) bond motifs is 2. The van der Waals surface area contributed by atoms with E-state index in [0.29, 0.717) is 30.6 Å². The molecule has 3 fully saturated rings. The largest absolute Gasteiger partial charge is 0.322 e. The Labute approximate surface area is 157 Å². The third kappa shape index (κ3) is 3.04. The molecule has 1 aromatic carbocycles. The van der Waals surface area contributed by atoms with Crippen LogP contribution in [0.4, 0.5) is 0 Å². The molecule has 0 radical (unpaired) electrons. The molecule has 3 amide bonds. The van der Waals surface area contributed by atoms with Gasteiger partial charge in [0.05, 0.1) is 0 Å². The standard InChI is InChI=1S/C20H24N4O3/c25-18-4-3-17(19(26)23-18)24-10-12-2-1-11(7-13(12)20(24)27)9-22-15-5-6-21-16-8-14(15)16/h1-2,7,14-17,21-22H,3-6,8-10H2,(H,23,25,26). The Bertz CT molecular complexity index is 823. The molecule has 4 atom stereocenters. The van der Waals surface area contributed by atoms with Gasteiger partial charge in [-0.2, -0.15) is 0 Å². The molecule has 3 heterocycles. The second-order valence-corrected chi connectivity index (χ2v) is 8.13. The van der Waals surface area contributed by atoms with E-state index < -0.39 is 6.04 Å². The van der Waals surface area contributed by atoms with Gasteiger partial charge in [-0.25, -0.2) is 0 Å². The van der Waals surface area contributed by atoms with Gasteiger partial charge < -0.3 is 15.5 Å². The number of piperidine rings is 2. The molecule has 27 heavy (non-hydrogen) atoms. The Morgan fingerprint density at radius 2 is 2.07 bits per heavy atom. The number of rotatable bonds is 4. The van der Waals surface area contributed by atoms with E-state index in [-0.39, 0.29) is 24.1 Å². The predicted molar refractivity (Wildman–Crippen MR) is 97.6 cm³/mol. The van der Waals surface area contributed by atoms with Crippen LogP contribution in [0.2, 0.25) is 0 Å². The molecule has 2 saturated heterocycles. The highest BCUT2D eigenvalue weighted by Crippen LogP contribution is 2.38. The number of benzene rings is 1. The van der Waals surface area contributed by atoms with E-state index in [2.05, 4.69) is 22.0 Å². The number of imide groups is 1. The summed E-state index contributed by atoms with van der Waals surface area (Å²) >= 11 is 0. The first kappa shape index (κ1) is 16.9. The van der Waals surface area contributed by atoms with Gasteiger partial charge in [0.2, 0.25) is 11.8 Å². The van der Waals surface area contributed by atoms with Gasteiger partial charge in [0.25, 0.3) is 5.91 Å². The third-order valence-electron chi connectivity index (χ3n) is 6.38. The van der Waals surface area contributed by atoms with Crippen LogP contribution in [-0.4, -0.2) is 47.3 Å². The first-order chi connectivity index (χ1) is 13.1. The molecule has 7 heteroatoms. The molecule has 3 N–H and O–H groups in total. The predicted octanol–water partition coefficient (Wildman–Crippen LogP) is 0.288. The van der Waals surface area contributed by atoms with Crippen LogP contribution in [0.1, 0.15) is 47.2 Å². The second-order valence-electron chi connectivity index (χ2n) is 8.13. The van der Waals surface area contributed by atoms with E-state index >= 15 is 0 Å². The molecule has 1 aliphatic carbocycles. The summed E-state index contributed by atoms with van der Waals surface area (Å²) in [5.74, 6) is 0.0204.